The van der Waals surface area contributed by atoms with Gasteiger partial charge < -0.3 is 10.6 Å². The minimum atomic E-state index is -0.363. The Bertz CT molecular complexity index is 688. The molecule has 0 saturated carbocycles. The third-order valence-electron chi connectivity index (χ3n) is 4.26. The first-order chi connectivity index (χ1) is 10.1. The maximum absolute atomic E-state index is 11.4. The van der Waals surface area contributed by atoms with Crippen LogP contribution in [0.15, 0.2) is 30.5 Å². The normalized spacial score (nSPS) is 22.5. The highest BCUT2D eigenvalue weighted by Gasteiger charge is 2.29. The number of benzene rings is 1. The van der Waals surface area contributed by atoms with Gasteiger partial charge in [0.1, 0.15) is 11.9 Å². The minimum Gasteiger partial charge on any atom is -0.364 e. The Labute approximate surface area is 122 Å². The van der Waals surface area contributed by atoms with Gasteiger partial charge in [0.25, 0.3) is 0 Å². The number of nitrogens with two attached hydrogens (primary N) is 1. The number of hydrogen-bond donors (Lipinski definition) is 1. The van der Waals surface area contributed by atoms with Gasteiger partial charge in [0.05, 0.1) is 10.4 Å². The van der Waals surface area contributed by atoms with Gasteiger partial charge in [-0.25, -0.2) is 4.98 Å². The van der Waals surface area contributed by atoms with Crippen molar-refractivity contribution in [3.63, 3.8) is 0 Å². The zero-order valence-electron chi connectivity index (χ0n) is 11.9. The summed E-state index contributed by atoms with van der Waals surface area (Å²) in [5, 5.41) is 12.2. The number of nitro groups is 1. The summed E-state index contributed by atoms with van der Waals surface area (Å²) >= 11 is 0. The van der Waals surface area contributed by atoms with Crippen molar-refractivity contribution >= 4 is 22.3 Å². The number of anilines is 1. The van der Waals surface area contributed by atoms with Gasteiger partial charge in [-0.2, -0.15) is 0 Å². The largest absolute Gasteiger partial charge is 0.364 e. The first-order valence-corrected chi connectivity index (χ1v) is 7.10. The molecule has 0 aliphatic carbocycles. The lowest BCUT2D eigenvalue weighted by molar-refractivity contribution is -0.384. The molecule has 1 fully saturated rings. The van der Waals surface area contributed by atoms with Crippen molar-refractivity contribution in [3.8, 4) is 0 Å². The van der Waals surface area contributed by atoms with E-state index >= 15 is 0 Å². The molecule has 0 radical (unpaired) electrons. The second-order valence-corrected chi connectivity index (χ2v) is 5.64. The number of nitrogens with zero attached hydrogens (tertiary/aromatic N) is 3. The first kappa shape index (κ1) is 13.8. The number of rotatable bonds is 2. The van der Waals surface area contributed by atoms with E-state index in [4.69, 9.17) is 5.73 Å². The van der Waals surface area contributed by atoms with Gasteiger partial charge in [-0.1, -0.05) is 25.1 Å². The Balaban J connectivity index is 2.14. The van der Waals surface area contributed by atoms with Crippen LogP contribution in [-0.2, 0) is 0 Å². The zero-order valence-corrected chi connectivity index (χ0v) is 11.9. The Morgan fingerprint density at radius 3 is 2.90 bits per heavy atom. The summed E-state index contributed by atoms with van der Waals surface area (Å²) in [6.45, 7) is 3.54. The van der Waals surface area contributed by atoms with Crippen LogP contribution in [0.5, 0.6) is 0 Å². The van der Waals surface area contributed by atoms with Gasteiger partial charge >= 0.3 is 5.69 Å². The average Bonchev–Trinajstić information content (AvgIpc) is 2.49. The number of aromatic nitrogens is 1. The quantitative estimate of drug-likeness (QED) is 0.676. The predicted octanol–water partition coefficient (Wildman–Crippen LogP) is 2.32. The maximum Gasteiger partial charge on any atom is 0.311 e. The molecule has 1 aromatic carbocycles. The summed E-state index contributed by atoms with van der Waals surface area (Å²) < 4.78 is 0. The second kappa shape index (κ2) is 5.29. The van der Waals surface area contributed by atoms with Crippen LogP contribution in [0.2, 0.25) is 0 Å². The number of para-hydroxylation sites is 1. The lowest BCUT2D eigenvalue weighted by atomic mass is 9.93. The van der Waals surface area contributed by atoms with E-state index in [0.29, 0.717) is 18.2 Å². The molecule has 6 nitrogen and oxygen atoms in total. The molecule has 2 aromatic rings. The number of fused-ring (bicyclic) bond motifs is 1. The van der Waals surface area contributed by atoms with Crippen molar-refractivity contribution < 1.29 is 4.92 Å². The van der Waals surface area contributed by atoms with E-state index in [0.717, 1.165) is 23.9 Å². The molecule has 1 aliphatic heterocycles. The fourth-order valence-corrected chi connectivity index (χ4v) is 2.88. The Kier molecular flexibility index (Phi) is 3.47. The molecule has 2 atom stereocenters. The van der Waals surface area contributed by atoms with Crippen molar-refractivity contribution in [2.45, 2.75) is 19.4 Å². The van der Waals surface area contributed by atoms with E-state index < -0.39 is 0 Å². The van der Waals surface area contributed by atoms with Crippen LogP contribution in [0.1, 0.15) is 13.3 Å². The molecular weight excluding hydrogens is 268 g/mol. The van der Waals surface area contributed by atoms with Crippen LogP contribution in [0.3, 0.4) is 0 Å². The van der Waals surface area contributed by atoms with E-state index in [2.05, 4.69) is 11.9 Å². The van der Waals surface area contributed by atoms with Crippen molar-refractivity contribution in [2.75, 3.05) is 18.0 Å². The highest BCUT2D eigenvalue weighted by atomic mass is 16.6. The Morgan fingerprint density at radius 1 is 1.43 bits per heavy atom. The van der Waals surface area contributed by atoms with Crippen molar-refractivity contribution in [3.05, 3.63) is 40.6 Å². The van der Waals surface area contributed by atoms with Gasteiger partial charge in [0.15, 0.2) is 0 Å². The molecule has 3 rings (SSSR count). The van der Waals surface area contributed by atoms with Crippen LogP contribution >= 0.6 is 0 Å². The van der Waals surface area contributed by atoms with Crippen molar-refractivity contribution in [1.82, 2.24) is 4.98 Å². The summed E-state index contributed by atoms with van der Waals surface area (Å²) in [5.41, 5.74) is 7.62. The van der Waals surface area contributed by atoms with E-state index in [1.165, 1.54) is 6.20 Å². The van der Waals surface area contributed by atoms with Crippen LogP contribution < -0.4 is 10.6 Å². The topological polar surface area (TPSA) is 85.3 Å². The van der Waals surface area contributed by atoms with E-state index in [1.54, 1.807) is 0 Å². The van der Waals surface area contributed by atoms with Gasteiger partial charge in [-0.3, -0.25) is 10.1 Å². The summed E-state index contributed by atoms with van der Waals surface area (Å²) in [7, 11) is 0. The van der Waals surface area contributed by atoms with Crippen LogP contribution in [0.25, 0.3) is 10.9 Å². The van der Waals surface area contributed by atoms with Gasteiger partial charge in [-0.05, 0) is 18.4 Å². The molecular formula is C15H18N4O2. The summed E-state index contributed by atoms with van der Waals surface area (Å²) in [6, 6.07) is 7.55. The lowest BCUT2D eigenvalue weighted by Crippen LogP contribution is -2.47. The molecule has 2 unspecified atom stereocenters. The highest BCUT2D eigenvalue weighted by Crippen LogP contribution is 2.36. The second-order valence-electron chi connectivity index (χ2n) is 5.64. The maximum atomic E-state index is 11.4. The predicted molar refractivity (Wildman–Crippen MR) is 82.4 cm³/mol. The van der Waals surface area contributed by atoms with Crippen LogP contribution in [0, 0.1) is 16.0 Å². The van der Waals surface area contributed by atoms with Gasteiger partial charge in [0, 0.05) is 24.5 Å². The van der Waals surface area contributed by atoms with E-state index in [9.17, 15) is 10.1 Å². The molecule has 0 spiro atoms. The Morgan fingerprint density at radius 2 is 2.19 bits per heavy atom. The van der Waals surface area contributed by atoms with Crippen LogP contribution in [-0.4, -0.2) is 29.0 Å². The van der Waals surface area contributed by atoms with Crippen LogP contribution in [0.4, 0.5) is 11.4 Å². The molecule has 1 saturated heterocycles. The molecule has 6 heteroatoms. The SMILES string of the molecule is CC1CCN(c2c([N+](=O)[O-])cnc3ccccc23)CC1N. The number of pyridine rings is 1. The van der Waals surface area contributed by atoms with Crippen molar-refractivity contribution in [1.29, 1.82) is 0 Å². The molecule has 0 bridgehead atoms. The molecule has 2 heterocycles. The van der Waals surface area contributed by atoms with Gasteiger partial charge in [-0.15, -0.1) is 0 Å². The summed E-state index contributed by atoms with van der Waals surface area (Å²) in [5.74, 6) is 0.438. The third kappa shape index (κ3) is 2.42. The fourth-order valence-electron chi connectivity index (χ4n) is 2.88. The molecule has 110 valence electrons. The van der Waals surface area contributed by atoms with Crippen molar-refractivity contribution in [2.24, 2.45) is 11.7 Å². The molecule has 0 amide bonds. The summed E-state index contributed by atoms with van der Waals surface area (Å²) in [6.07, 6.45) is 2.29. The fraction of sp³-hybridized carbons (Fsp3) is 0.400. The monoisotopic (exact) mass is 286 g/mol. The minimum absolute atomic E-state index is 0.0327. The lowest BCUT2D eigenvalue weighted by Gasteiger charge is -2.36. The number of piperidine rings is 1. The third-order valence-corrected chi connectivity index (χ3v) is 4.26. The highest BCUT2D eigenvalue weighted by molar-refractivity contribution is 5.96. The standard InChI is InChI=1S/C15H18N4O2/c1-10-6-7-18(9-12(10)16)15-11-4-2-3-5-13(11)17-8-14(15)19(20)21/h2-5,8,10,12H,6-7,9,16H2,1H3. The molecule has 21 heavy (non-hydrogen) atoms. The first-order valence-electron chi connectivity index (χ1n) is 7.10. The average molecular weight is 286 g/mol. The zero-order chi connectivity index (χ0) is 15.0. The summed E-state index contributed by atoms with van der Waals surface area (Å²) in [4.78, 5) is 17.2. The molecule has 2 N–H and O–H groups in total. The Hall–Kier alpha value is -2.21. The molecule has 1 aliphatic rings. The number of hydrogen-bond acceptors (Lipinski definition) is 5. The smallest absolute Gasteiger partial charge is 0.311 e. The molecule has 1 aromatic heterocycles. The van der Waals surface area contributed by atoms with E-state index in [-0.39, 0.29) is 16.7 Å². The van der Waals surface area contributed by atoms with Gasteiger partial charge in [0.2, 0.25) is 0 Å². The van der Waals surface area contributed by atoms with E-state index in [1.807, 2.05) is 29.2 Å².